The van der Waals surface area contributed by atoms with Crippen LogP contribution in [-0.4, -0.2) is 22.8 Å². The Bertz CT molecular complexity index is 551. The van der Waals surface area contributed by atoms with Crippen molar-refractivity contribution < 1.29 is 9.21 Å². The summed E-state index contributed by atoms with van der Waals surface area (Å²) in [7, 11) is 1.72. The summed E-state index contributed by atoms with van der Waals surface area (Å²) in [5, 5.41) is 0. The number of hydrogen-bond acceptors (Lipinski definition) is 3. The zero-order valence-electron chi connectivity index (χ0n) is 9.56. The topological polar surface area (TPSA) is 46.3 Å². The van der Waals surface area contributed by atoms with Crippen molar-refractivity contribution in [2.45, 2.75) is 6.54 Å². The molecule has 0 aromatic carbocycles. The second-order valence-corrected chi connectivity index (χ2v) is 5.33. The van der Waals surface area contributed by atoms with E-state index in [9.17, 15) is 4.79 Å². The lowest BCUT2D eigenvalue weighted by Crippen LogP contribution is -2.26. The molecule has 18 heavy (non-hydrogen) atoms. The first kappa shape index (κ1) is 13.3. The van der Waals surface area contributed by atoms with E-state index in [0.717, 1.165) is 5.76 Å². The van der Waals surface area contributed by atoms with Crippen LogP contribution in [0.1, 0.15) is 16.1 Å². The predicted molar refractivity (Wildman–Crippen MR) is 74.1 cm³/mol. The van der Waals surface area contributed by atoms with Gasteiger partial charge in [-0.2, -0.15) is 0 Å². The summed E-state index contributed by atoms with van der Waals surface area (Å²) in [5.74, 6) is 0.630. The number of aromatic nitrogens is 1. The molecule has 0 unspecified atom stereocenters. The lowest BCUT2D eigenvalue weighted by molar-refractivity contribution is 0.0774. The van der Waals surface area contributed by atoms with Gasteiger partial charge in [0.05, 0.1) is 12.1 Å². The number of rotatable bonds is 3. The third-order valence-corrected chi connectivity index (χ3v) is 3.24. The van der Waals surface area contributed by atoms with Gasteiger partial charge in [-0.05, 0) is 56.1 Å². The standard InChI is InChI=1S/C12H10Br2N2O2/c1-16(7-9-3-5-11(14)18-9)12(17)8-2-4-10(13)15-6-8/h2-6H,7H2,1H3. The van der Waals surface area contributed by atoms with Crippen LogP contribution in [0.2, 0.25) is 0 Å². The molecule has 4 nitrogen and oxygen atoms in total. The van der Waals surface area contributed by atoms with Crippen molar-refractivity contribution >= 4 is 37.8 Å². The molecular formula is C12H10Br2N2O2. The zero-order valence-corrected chi connectivity index (χ0v) is 12.7. The van der Waals surface area contributed by atoms with Gasteiger partial charge in [0.15, 0.2) is 4.67 Å². The predicted octanol–water partition coefficient (Wildman–Crippen LogP) is 3.47. The number of carbonyl (C=O) groups is 1. The van der Waals surface area contributed by atoms with Gasteiger partial charge in [-0.15, -0.1) is 0 Å². The summed E-state index contributed by atoms with van der Waals surface area (Å²) in [4.78, 5) is 17.7. The van der Waals surface area contributed by atoms with Gasteiger partial charge in [0.1, 0.15) is 10.4 Å². The van der Waals surface area contributed by atoms with E-state index >= 15 is 0 Å². The fourth-order valence-electron chi connectivity index (χ4n) is 1.46. The number of hydrogen-bond donors (Lipinski definition) is 0. The van der Waals surface area contributed by atoms with E-state index in [-0.39, 0.29) is 5.91 Å². The molecule has 2 rings (SSSR count). The molecule has 0 aliphatic heterocycles. The van der Waals surface area contributed by atoms with E-state index in [4.69, 9.17) is 4.42 Å². The zero-order chi connectivity index (χ0) is 13.1. The van der Waals surface area contributed by atoms with Crippen LogP contribution < -0.4 is 0 Å². The van der Waals surface area contributed by atoms with Crippen molar-refractivity contribution in [1.29, 1.82) is 0 Å². The van der Waals surface area contributed by atoms with Crippen molar-refractivity contribution in [3.8, 4) is 0 Å². The molecule has 0 saturated carbocycles. The van der Waals surface area contributed by atoms with E-state index in [1.807, 2.05) is 6.07 Å². The highest BCUT2D eigenvalue weighted by Crippen LogP contribution is 2.16. The first-order chi connectivity index (χ1) is 8.56. The summed E-state index contributed by atoms with van der Waals surface area (Å²) in [6, 6.07) is 7.10. The Hall–Kier alpha value is -1.14. The van der Waals surface area contributed by atoms with E-state index in [2.05, 4.69) is 36.8 Å². The van der Waals surface area contributed by atoms with Crippen molar-refractivity contribution in [3.63, 3.8) is 0 Å². The van der Waals surface area contributed by atoms with Crippen molar-refractivity contribution in [2.75, 3.05) is 7.05 Å². The van der Waals surface area contributed by atoms with Crippen LogP contribution in [0.15, 0.2) is 44.2 Å². The highest BCUT2D eigenvalue weighted by atomic mass is 79.9. The third-order valence-electron chi connectivity index (χ3n) is 2.34. The van der Waals surface area contributed by atoms with Crippen molar-refractivity contribution in [2.24, 2.45) is 0 Å². The lowest BCUT2D eigenvalue weighted by atomic mass is 10.2. The number of pyridine rings is 1. The average Bonchev–Trinajstić information content (AvgIpc) is 2.75. The third kappa shape index (κ3) is 3.20. The molecule has 94 valence electrons. The van der Waals surface area contributed by atoms with Crippen LogP contribution in [-0.2, 0) is 6.54 Å². The first-order valence-electron chi connectivity index (χ1n) is 5.17. The minimum atomic E-state index is -0.0949. The molecule has 1 amide bonds. The Kier molecular flexibility index (Phi) is 4.19. The molecule has 0 aliphatic rings. The normalized spacial score (nSPS) is 10.4. The van der Waals surface area contributed by atoms with Crippen LogP contribution in [0.4, 0.5) is 0 Å². The summed E-state index contributed by atoms with van der Waals surface area (Å²) in [6.07, 6.45) is 1.54. The fraction of sp³-hybridized carbons (Fsp3) is 0.167. The quantitative estimate of drug-likeness (QED) is 0.774. The van der Waals surface area contributed by atoms with E-state index in [1.165, 1.54) is 0 Å². The van der Waals surface area contributed by atoms with E-state index < -0.39 is 0 Å². The molecule has 2 aromatic rings. The number of halogens is 2. The van der Waals surface area contributed by atoms with Gasteiger partial charge in [-0.1, -0.05) is 0 Å². The van der Waals surface area contributed by atoms with Crippen LogP contribution in [0.25, 0.3) is 0 Å². The maximum Gasteiger partial charge on any atom is 0.255 e. The van der Waals surface area contributed by atoms with Gasteiger partial charge in [0, 0.05) is 13.2 Å². The second kappa shape index (κ2) is 5.67. The highest BCUT2D eigenvalue weighted by molar-refractivity contribution is 9.10. The minimum Gasteiger partial charge on any atom is -0.452 e. The second-order valence-electron chi connectivity index (χ2n) is 3.74. The SMILES string of the molecule is CN(Cc1ccc(Br)o1)C(=O)c1ccc(Br)nc1. The summed E-state index contributed by atoms with van der Waals surface area (Å²) in [5.41, 5.74) is 0.548. The van der Waals surface area contributed by atoms with Gasteiger partial charge in [-0.25, -0.2) is 4.98 Å². The lowest BCUT2D eigenvalue weighted by Gasteiger charge is -2.15. The molecule has 0 N–H and O–H groups in total. The van der Waals surface area contributed by atoms with Crippen LogP contribution in [0, 0.1) is 0 Å². The molecule has 0 aliphatic carbocycles. The van der Waals surface area contributed by atoms with Gasteiger partial charge in [0.2, 0.25) is 0 Å². The minimum absolute atomic E-state index is 0.0949. The monoisotopic (exact) mass is 372 g/mol. The summed E-state index contributed by atoms with van der Waals surface area (Å²) >= 11 is 6.46. The molecule has 0 bridgehead atoms. The fourth-order valence-corrected chi connectivity index (χ4v) is 2.04. The Labute approximate surface area is 121 Å². The molecule has 0 fully saturated rings. The van der Waals surface area contributed by atoms with E-state index in [0.29, 0.717) is 21.4 Å². The average molecular weight is 374 g/mol. The smallest absolute Gasteiger partial charge is 0.255 e. The first-order valence-corrected chi connectivity index (χ1v) is 6.76. The van der Waals surface area contributed by atoms with Gasteiger partial charge in [0.25, 0.3) is 5.91 Å². The molecule has 0 saturated heterocycles. The number of nitrogens with zero attached hydrogens (tertiary/aromatic N) is 2. The molecular weight excluding hydrogens is 364 g/mol. The van der Waals surface area contributed by atoms with Crippen LogP contribution >= 0.6 is 31.9 Å². The maximum atomic E-state index is 12.1. The molecule has 6 heteroatoms. The van der Waals surface area contributed by atoms with Gasteiger partial charge in [-0.3, -0.25) is 4.79 Å². The Morgan fingerprint density at radius 2 is 2.11 bits per heavy atom. The number of furan rings is 1. The van der Waals surface area contributed by atoms with Crippen LogP contribution in [0.3, 0.4) is 0 Å². The van der Waals surface area contributed by atoms with Crippen molar-refractivity contribution in [1.82, 2.24) is 9.88 Å². The van der Waals surface area contributed by atoms with E-state index in [1.54, 1.807) is 36.3 Å². The molecule has 2 heterocycles. The molecule has 0 atom stereocenters. The Morgan fingerprint density at radius 1 is 1.33 bits per heavy atom. The van der Waals surface area contributed by atoms with Gasteiger partial charge < -0.3 is 9.32 Å². The number of amides is 1. The molecule has 2 aromatic heterocycles. The molecule has 0 spiro atoms. The van der Waals surface area contributed by atoms with Crippen LogP contribution in [0.5, 0.6) is 0 Å². The number of carbonyl (C=O) groups excluding carboxylic acids is 1. The summed E-state index contributed by atoms with van der Waals surface area (Å²) in [6.45, 7) is 0.417. The Morgan fingerprint density at radius 3 is 2.67 bits per heavy atom. The van der Waals surface area contributed by atoms with Crippen molar-refractivity contribution in [3.05, 3.63) is 51.1 Å². The summed E-state index contributed by atoms with van der Waals surface area (Å²) < 4.78 is 6.72. The largest absolute Gasteiger partial charge is 0.452 e. The Balaban J connectivity index is 2.07. The van der Waals surface area contributed by atoms with Gasteiger partial charge >= 0.3 is 0 Å². The molecule has 0 radical (unpaired) electrons. The highest BCUT2D eigenvalue weighted by Gasteiger charge is 2.13. The maximum absolute atomic E-state index is 12.1.